The summed E-state index contributed by atoms with van der Waals surface area (Å²) in [5, 5.41) is 67.2. The van der Waals surface area contributed by atoms with Gasteiger partial charge in [0.25, 0.3) is 11.4 Å². The third-order valence-corrected chi connectivity index (χ3v) is 13.3. The molecule has 400 valence electrons. The number of carboxylic acid groups (broad SMARTS) is 2. The number of hydrogen-bond acceptors (Lipinski definition) is 16. The highest BCUT2D eigenvalue weighted by molar-refractivity contribution is 5.89. The maximum atomic E-state index is 12.8. The number of likely N-dealkylation sites (N-methyl/N-ethyl adjacent to an activating group) is 1. The van der Waals surface area contributed by atoms with E-state index in [0.29, 0.717) is 22.6 Å². The Bertz CT molecular complexity index is 2330. The van der Waals surface area contributed by atoms with Crippen LogP contribution in [-0.2, 0) is 39.9 Å². The molecule has 8 rings (SSSR count). The van der Waals surface area contributed by atoms with Crippen molar-refractivity contribution in [1.29, 1.82) is 0 Å². The maximum absolute atomic E-state index is 12.8. The summed E-state index contributed by atoms with van der Waals surface area (Å²) in [6.07, 6.45) is 11.7. The number of non-ortho nitro benzene ring substituents is 2. The van der Waals surface area contributed by atoms with Crippen LogP contribution in [0.2, 0.25) is 0 Å². The summed E-state index contributed by atoms with van der Waals surface area (Å²) < 4.78 is 11.4. The number of rotatable bonds is 12. The van der Waals surface area contributed by atoms with Crippen LogP contribution < -0.4 is 0 Å². The number of aliphatic hydroxyl groups is 3. The number of nitrogens with zero attached hydrogens (tertiary/aromatic N) is 3. The number of esters is 2. The first-order valence-electron chi connectivity index (χ1n) is 24.3. The first-order chi connectivity index (χ1) is 35.2. The quantitative estimate of drug-likeness (QED) is 0.0509. The summed E-state index contributed by atoms with van der Waals surface area (Å²) in [5.41, 5.74) is -1.63. The standard InChI is InChI=1S/C19H26O3.C18H25NO3.C8H7NO4.C7H5NO4.CO2.CH4O/c1-14-11-12-17(13-14)22-18(20)19(21,16-9-5-6-10-16)15-7-3-2-4-8-15;1-19-12-11-16(13-19)22-17(20)18(21,15-9-5-6-10-15)14-7-3-2-4-8-14;1-5-2-6(8(10)11)4-7(3-5)9(12)13;9-7(10)5-2-1-3-6(4-5)8(11)12;2-1-3;1-2/h2-4,7-8,14,16-17,21H,5-6,9-13H2,1H3;2-4,7-8,15-16,21H,5-6,9-13H2,1H3;2-4H,1H3,(H,10,11);1-4H,(H,9,10);;2H,1H3. The van der Waals surface area contributed by atoms with Crippen LogP contribution in [0.5, 0.6) is 0 Å². The Morgan fingerprint density at radius 2 is 1.07 bits per heavy atom. The van der Waals surface area contributed by atoms with Gasteiger partial charge < -0.3 is 39.9 Å². The van der Waals surface area contributed by atoms with Gasteiger partial charge in [0.1, 0.15) is 12.2 Å². The fraction of sp³-hybridized carbons (Fsp3) is 0.463. The minimum Gasteiger partial charge on any atom is -0.478 e. The molecule has 0 radical (unpaired) electrons. The number of hydrogen-bond donors (Lipinski definition) is 5. The first-order valence-corrected chi connectivity index (χ1v) is 24.3. The maximum Gasteiger partial charge on any atom is 0.373 e. The Labute approximate surface area is 429 Å². The lowest BCUT2D eigenvalue weighted by Gasteiger charge is -2.33. The van der Waals surface area contributed by atoms with Crippen LogP contribution >= 0.6 is 0 Å². The molecule has 5 unspecified atom stereocenters. The van der Waals surface area contributed by atoms with Crippen LogP contribution in [0, 0.1) is 44.9 Å². The molecule has 3 aliphatic carbocycles. The molecule has 4 aromatic carbocycles. The number of carboxylic acids is 2. The topological polar surface area (TPSA) is 312 Å². The number of nitro groups is 2. The van der Waals surface area contributed by atoms with Crippen LogP contribution in [0.3, 0.4) is 0 Å². The zero-order chi connectivity index (χ0) is 55.0. The zero-order valence-electron chi connectivity index (χ0n) is 42.1. The lowest BCUT2D eigenvalue weighted by atomic mass is 9.80. The lowest BCUT2D eigenvalue weighted by Crippen LogP contribution is -2.45. The molecular weight excluding hydrogens is 963 g/mol. The monoisotopic (exact) mass is 1030 g/mol. The summed E-state index contributed by atoms with van der Waals surface area (Å²) in [6.45, 7) is 5.49. The van der Waals surface area contributed by atoms with Crippen molar-refractivity contribution in [3.05, 3.63) is 151 Å². The molecule has 5 N–H and O–H groups in total. The predicted molar refractivity (Wildman–Crippen MR) is 267 cm³/mol. The van der Waals surface area contributed by atoms with Gasteiger partial charge in [-0.3, -0.25) is 20.2 Å². The summed E-state index contributed by atoms with van der Waals surface area (Å²) in [7, 11) is 3.02. The molecule has 1 heterocycles. The molecule has 3 saturated carbocycles. The van der Waals surface area contributed by atoms with E-state index < -0.39 is 44.9 Å². The number of aromatic carboxylic acids is 2. The van der Waals surface area contributed by atoms with Crippen LogP contribution in [-0.4, -0.2) is 110 Å². The van der Waals surface area contributed by atoms with Gasteiger partial charge in [0, 0.05) is 56.3 Å². The van der Waals surface area contributed by atoms with Gasteiger partial charge in [-0.1, -0.05) is 99.3 Å². The molecule has 20 nitrogen and oxygen atoms in total. The number of carbonyl (C=O) groups excluding carboxylic acids is 4. The van der Waals surface area contributed by atoms with Crippen LogP contribution in [0.25, 0.3) is 0 Å². The minimum atomic E-state index is -1.50. The van der Waals surface area contributed by atoms with Crippen molar-refractivity contribution in [2.24, 2.45) is 17.8 Å². The van der Waals surface area contributed by atoms with E-state index in [2.05, 4.69) is 11.8 Å². The molecule has 0 spiro atoms. The van der Waals surface area contributed by atoms with Crippen molar-refractivity contribution in [3.63, 3.8) is 0 Å². The second-order valence-electron chi connectivity index (χ2n) is 18.6. The van der Waals surface area contributed by atoms with Gasteiger partial charge >= 0.3 is 30.0 Å². The highest BCUT2D eigenvalue weighted by Gasteiger charge is 2.50. The number of likely N-dealkylation sites (tertiary alicyclic amines) is 1. The van der Waals surface area contributed by atoms with E-state index in [4.69, 9.17) is 34.4 Å². The molecule has 1 aliphatic heterocycles. The molecule has 4 fully saturated rings. The molecular formula is C54H67N3O17. The molecule has 74 heavy (non-hydrogen) atoms. The zero-order valence-corrected chi connectivity index (χ0v) is 42.1. The Hall–Kier alpha value is -7.22. The Balaban J connectivity index is 0.000000261. The highest BCUT2D eigenvalue weighted by Crippen LogP contribution is 2.43. The van der Waals surface area contributed by atoms with E-state index in [0.717, 1.165) is 109 Å². The van der Waals surface area contributed by atoms with E-state index >= 15 is 0 Å². The molecule has 5 atom stereocenters. The van der Waals surface area contributed by atoms with E-state index in [1.54, 1.807) is 6.92 Å². The van der Waals surface area contributed by atoms with Gasteiger partial charge in [-0.15, -0.1) is 0 Å². The van der Waals surface area contributed by atoms with Gasteiger partial charge in [0.2, 0.25) is 0 Å². The smallest absolute Gasteiger partial charge is 0.373 e. The van der Waals surface area contributed by atoms with Crippen LogP contribution in [0.15, 0.2) is 103 Å². The van der Waals surface area contributed by atoms with E-state index in [1.165, 1.54) is 30.3 Å². The number of nitro benzene ring substituents is 2. The molecule has 0 aromatic heterocycles. The van der Waals surface area contributed by atoms with Crippen molar-refractivity contribution in [3.8, 4) is 0 Å². The van der Waals surface area contributed by atoms with Crippen molar-refractivity contribution in [2.45, 2.75) is 114 Å². The van der Waals surface area contributed by atoms with Gasteiger partial charge in [0.15, 0.2) is 11.2 Å². The Morgan fingerprint density at radius 1 is 0.622 bits per heavy atom. The third kappa shape index (κ3) is 17.5. The van der Waals surface area contributed by atoms with Crippen LogP contribution in [0.4, 0.5) is 11.4 Å². The number of aryl methyl sites for hydroxylation is 1. The summed E-state index contributed by atoms with van der Waals surface area (Å²) in [4.78, 5) is 84.2. The molecule has 4 aliphatic rings. The van der Waals surface area contributed by atoms with E-state index in [-0.39, 0.29) is 52.7 Å². The normalized spacial score (nSPS) is 19.6. The third-order valence-electron chi connectivity index (χ3n) is 13.3. The summed E-state index contributed by atoms with van der Waals surface area (Å²) >= 11 is 0. The van der Waals surface area contributed by atoms with Crippen molar-refractivity contribution < 1.29 is 73.6 Å². The van der Waals surface area contributed by atoms with Gasteiger partial charge in [-0.2, -0.15) is 9.59 Å². The van der Waals surface area contributed by atoms with E-state index in [9.17, 15) is 49.6 Å². The van der Waals surface area contributed by atoms with Crippen molar-refractivity contribution in [1.82, 2.24) is 4.90 Å². The fourth-order valence-electron chi connectivity index (χ4n) is 9.59. The number of benzene rings is 4. The van der Waals surface area contributed by atoms with Gasteiger partial charge in [-0.25, -0.2) is 19.2 Å². The van der Waals surface area contributed by atoms with Crippen molar-refractivity contribution in [2.75, 3.05) is 27.2 Å². The molecule has 20 heteroatoms. The molecule has 4 aromatic rings. The molecule has 1 saturated heterocycles. The van der Waals surface area contributed by atoms with Gasteiger partial charge in [-0.05, 0) is 100 Å². The Morgan fingerprint density at radius 3 is 1.46 bits per heavy atom. The first kappa shape index (κ1) is 61.1. The highest BCUT2D eigenvalue weighted by atomic mass is 16.6. The average Bonchev–Trinajstić information content (AvgIpc) is 4.26. The second kappa shape index (κ2) is 30.1. The largest absolute Gasteiger partial charge is 0.478 e. The second-order valence-corrected chi connectivity index (χ2v) is 18.6. The average molecular weight is 1030 g/mol. The number of carbonyl (C=O) groups is 4. The SMILES string of the molecule is CC1CCC(OC(=O)C(O)(c2ccccc2)C2CCCC2)C1.CN1CCC(OC(=O)C(O)(c2ccccc2)C2CCCC2)C1.CO.Cc1cc(C(=O)O)cc([N+](=O)[O-])c1.O=C(O)c1cccc([N+](=O)[O-])c1.O=C=O. The minimum absolute atomic E-state index is 0.0266. The fourth-order valence-corrected chi connectivity index (χ4v) is 9.59. The molecule has 0 amide bonds. The number of ether oxygens (including phenoxy) is 2. The van der Waals surface area contributed by atoms with Crippen LogP contribution in [0.1, 0.15) is 121 Å². The Kier molecular flexibility index (Phi) is 24.8. The lowest BCUT2D eigenvalue weighted by molar-refractivity contribution is -0.385. The van der Waals surface area contributed by atoms with Crippen molar-refractivity contribution >= 4 is 41.4 Å². The predicted octanol–water partition coefficient (Wildman–Crippen LogP) is 8.03. The molecule has 0 bridgehead atoms. The number of aliphatic hydroxyl groups excluding tert-OH is 1. The van der Waals surface area contributed by atoms with Gasteiger partial charge in [0.05, 0.1) is 21.0 Å². The summed E-state index contributed by atoms with van der Waals surface area (Å²) in [5.74, 6) is -2.70. The van der Waals surface area contributed by atoms with E-state index in [1.807, 2.05) is 67.7 Å². The summed E-state index contributed by atoms with van der Waals surface area (Å²) in [6, 6.07) is 27.3.